The van der Waals surface area contributed by atoms with Crippen LogP contribution in [-0.2, 0) is 10.5 Å². The third kappa shape index (κ3) is 3.49. The van der Waals surface area contributed by atoms with Crippen molar-refractivity contribution in [2.24, 2.45) is 0 Å². The molecule has 2 N–H and O–H groups in total. The average molecular weight is 340 g/mol. The number of hydrogen-bond acceptors (Lipinski definition) is 7. The lowest BCUT2D eigenvalue weighted by Gasteiger charge is -2.07. The number of rotatable bonds is 5. The maximum atomic E-state index is 11.4. The van der Waals surface area contributed by atoms with Crippen LogP contribution in [0.15, 0.2) is 29.4 Å². The first-order chi connectivity index (χ1) is 11.6. The normalized spacial score (nSPS) is 13.3. The average Bonchev–Trinajstić information content (AvgIpc) is 3.44. The van der Waals surface area contributed by atoms with Crippen molar-refractivity contribution in [3.63, 3.8) is 0 Å². The number of ether oxygens (including phenoxy) is 1. The first-order valence-corrected chi connectivity index (χ1v) is 8.48. The zero-order valence-corrected chi connectivity index (χ0v) is 14.0. The van der Waals surface area contributed by atoms with Crippen LogP contribution < -0.4 is 5.73 Å². The van der Waals surface area contributed by atoms with Crippen LogP contribution in [0, 0.1) is 11.3 Å². The number of nitriles is 1. The molecule has 0 atom stereocenters. The molecule has 1 heterocycles. The van der Waals surface area contributed by atoms with E-state index in [1.165, 1.54) is 18.9 Å². The molecule has 24 heavy (non-hydrogen) atoms. The van der Waals surface area contributed by atoms with Gasteiger partial charge >= 0.3 is 5.97 Å². The van der Waals surface area contributed by atoms with Crippen LogP contribution in [0.4, 0.5) is 5.82 Å². The fraction of sp³-hybridized carbons (Fsp3) is 0.294. The summed E-state index contributed by atoms with van der Waals surface area (Å²) in [6.07, 6.45) is 2.09. The molecule has 0 saturated heterocycles. The van der Waals surface area contributed by atoms with Crippen LogP contribution in [0.25, 0.3) is 0 Å². The van der Waals surface area contributed by atoms with Crippen LogP contribution in [0.1, 0.15) is 45.9 Å². The predicted molar refractivity (Wildman–Crippen MR) is 90.5 cm³/mol. The molecular formula is C17H16N4O2S. The lowest BCUT2D eigenvalue weighted by Crippen LogP contribution is -2.04. The minimum absolute atomic E-state index is 0.248. The van der Waals surface area contributed by atoms with Crippen LogP contribution in [0.3, 0.4) is 0 Å². The highest BCUT2D eigenvalue weighted by Crippen LogP contribution is 2.42. The molecule has 1 aromatic carbocycles. The number of carbonyl (C=O) groups excluding carboxylic acids is 1. The Kier molecular flexibility index (Phi) is 4.67. The van der Waals surface area contributed by atoms with Gasteiger partial charge < -0.3 is 10.5 Å². The summed E-state index contributed by atoms with van der Waals surface area (Å²) in [6, 6.07) is 9.30. The van der Waals surface area contributed by atoms with Gasteiger partial charge in [0, 0.05) is 11.7 Å². The standard InChI is InChI=1S/C17H16N4O2S/c1-23-16(22)12-4-2-10(3-5-12)9-24-17-20-14(11-6-7-11)13(8-18)15(19)21-17/h2-5,11H,6-7,9H2,1H3,(H2,19,20,21). The summed E-state index contributed by atoms with van der Waals surface area (Å²) in [5.74, 6) is 0.879. The van der Waals surface area contributed by atoms with Crippen molar-refractivity contribution in [2.45, 2.75) is 29.7 Å². The van der Waals surface area contributed by atoms with Gasteiger partial charge in [0.25, 0.3) is 0 Å². The topological polar surface area (TPSA) is 102 Å². The van der Waals surface area contributed by atoms with Gasteiger partial charge in [0.1, 0.15) is 17.5 Å². The van der Waals surface area contributed by atoms with Crippen molar-refractivity contribution in [1.82, 2.24) is 9.97 Å². The van der Waals surface area contributed by atoms with Crippen molar-refractivity contribution < 1.29 is 9.53 Å². The smallest absolute Gasteiger partial charge is 0.337 e. The number of nitrogen functional groups attached to an aromatic ring is 1. The Morgan fingerprint density at radius 3 is 2.67 bits per heavy atom. The van der Waals surface area contributed by atoms with Crippen LogP contribution in [0.5, 0.6) is 0 Å². The highest BCUT2D eigenvalue weighted by atomic mass is 32.2. The quantitative estimate of drug-likeness (QED) is 0.507. The molecule has 6 nitrogen and oxygen atoms in total. The summed E-state index contributed by atoms with van der Waals surface area (Å²) in [5, 5.41) is 9.79. The van der Waals surface area contributed by atoms with E-state index in [9.17, 15) is 10.1 Å². The van der Waals surface area contributed by atoms with Crippen molar-refractivity contribution in [2.75, 3.05) is 12.8 Å². The van der Waals surface area contributed by atoms with Gasteiger partial charge in [0.05, 0.1) is 18.4 Å². The molecule has 1 fully saturated rings. The molecule has 1 saturated carbocycles. The summed E-state index contributed by atoms with van der Waals surface area (Å²) in [7, 11) is 1.36. The highest BCUT2D eigenvalue weighted by Gasteiger charge is 2.29. The highest BCUT2D eigenvalue weighted by molar-refractivity contribution is 7.98. The number of benzene rings is 1. The third-order valence-corrected chi connectivity index (χ3v) is 4.68. The summed E-state index contributed by atoms with van der Waals surface area (Å²) in [6.45, 7) is 0. The van der Waals surface area contributed by atoms with Crippen LogP contribution in [0.2, 0.25) is 0 Å². The van der Waals surface area contributed by atoms with Crippen molar-refractivity contribution >= 4 is 23.5 Å². The van der Waals surface area contributed by atoms with Gasteiger partial charge in [0.2, 0.25) is 0 Å². The molecular weight excluding hydrogens is 324 g/mol. The Morgan fingerprint density at radius 2 is 2.08 bits per heavy atom. The first-order valence-electron chi connectivity index (χ1n) is 7.50. The van der Waals surface area contributed by atoms with Gasteiger partial charge in [-0.15, -0.1) is 0 Å². The number of anilines is 1. The van der Waals surface area contributed by atoms with Gasteiger partial charge in [-0.25, -0.2) is 14.8 Å². The molecule has 0 spiro atoms. The van der Waals surface area contributed by atoms with E-state index in [4.69, 9.17) is 5.73 Å². The molecule has 0 unspecified atom stereocenters. The van der Waals surface area contributed by atoms with E-state index in [0.29, 0.717) is 28.0 Å². The fourth-order valence-electron chi connectivity index (χ4n) is 2.31. The van der Waals surface area contributed by atoms with Gasteiger partial charge in [-0.2, -0.15) is 5.26 Å². The Morgan fingerprint density at radius 1 is 1.38 bits per heavy atom. The molecule has 0 bridgehead atoms. The number of carbonyl (C=O) groups is 1. The molecule has 0 amide bonds. The second kappa shape index (κ2) is 6.89. The number of methoxy groups -OCH3 is 1. The second-order valence-corrected chi connectivity index (χ2v) is 6.46. The Bertz CT molecular complexity index is 811. The van der Waals surface area contributed by atoms with E-state index in [-0.39, 0.29) is 11.8 Å². The summed E-state index contributed by atoms with van der Waals surface area (Å²) >= 11 is 1.46. The Hall–Kier alpha value is -2.59. The van der Waals surface area contributed by atoms with Crippen molar-refractivity contribution in [3.05, 3.63) is 46.6 Å². The lowest BCUT2D eigenvalue weighted by atomic mass is 10.1. The van der Waals surface area contributed by atoms with E-state index < -0.39 is 0 Å². The van der Waals surface area contributed by atoms with Crippen LogP contribution >= 0.6 is 11.8 Å². The summed E-state index contributed by atoms with van der Waals surface area (Å²) < 4.78 is 4.68. The van der Waals surface area contributed by atoms with Crippen LogP contribution in [-0.4, -0.2) is 23.0 Å². The predicted octanol–water partition coefficient (Wildman–Crippen LogP) is 2.89. The lowest BCUT2D eigenvalue weighted by molar-refractivity contribution is 0.0600. The molecule has 1 aromatic heterocycles. The van der Waals surface area contributed by atoms with Gasteiger partial charge in [0.15, 0.2) is 5.16 Å². The molecule has 1 aliphatic rings. The molecule has 122 valence electrons. The maximum Gasteiger partial charge on any atom is 0.337 e. The van der Waals surface area contributed by atoms with Gasteiger partial charge in [-0.05, 0) is 30.5 Å². The number of esters is 1. The van der Waals surface area contributed by atoms with Gasteiger partial charge in [-0.1, -0.05) is 23.9 Å². The zero-order valence-electron chi connectivity index (χ0n) is 13.2. The molecule has 7 heteroatoms. The van der Waals surface area contributed by atoms with Gasteiger partial charge in [-0.3, -0.25) is 0 Å². The number of nitrogens with zero attached hydrogens (tertiary/aromatic N) is 3. The molecule has 2 aromatic rings. The summed E-state index contributed by atoms with van der Waals surface area (Å²) in [5.41, 5.74) is 8.63. The zero-order chi connectivity index (χ0) is 17.1. The number of nitrogens with two attached hydrogens (primary N) is 1. The first kappa shape index (κ1) is 16.3. The third-order valence-electron chi connectivity index (χ3n) is 3.76. The minimum atomic E-state index is -0.355. The molecule has 3 rings (SSSR count). The SMILES string of the molecule is COC(=O)c1ccc(CSc2nc(N)c(C#N)c(C3CC3)n2)cc1. The summed E-state index contributed by atoms with van der Waals surface area (Å²) in [4.78, 5) is 20.2. The molecule has 0 aliphatic heterocycles. The van der Waals surface area contributed by atoms with E-state index in [1.54, 1.807) is 12.1 Å². The maximum absolute atomic E-state index is 11.4. The Balaban J connectivity index is 1.73. The molecule has 0 radical (unpaired) electrons. The monoisotopic (exact) mass is 340 g/mol. The van der Waals surface area contributed by atoms with Crippen molar-refractivity contribution in [1.29, 1.82) is 5.26 Å². The van der Waals surface area contributed by atoms with Crippen molar-refractivity contribution in [3.8, 4) is 6.07 Å². The van der Waals surface area contributed by atoms with E-state index >= 15 is 0 Å². The minimum Gasteiger partial charge on any atom is -0.465 e. The Labute approximate surface area is 144 Å². The second-order valence-electron chi connectivity index (χ2n) is 5.51. The van der Waals surface area contributed by atoms with E-state index in [2.05, 4.69) is 20.8 Å². The molecule has 1 aliphatic carbocycles. The van der Waals surface area contributed by atoms with E-state index in [0.717, 1.165) is 24.1 Å². The fourth-order valence-corrected chi connectivity index (χ4v) is 3.12. The van der Waals surface area contributed by atoms with E-state index in [1.807, 2.05) is 12.1 Å². The number of aromatic nitrogens is 2. The largest absolute Gasteiger partial charge is 0.465 e. The number of thioether (sulfide) groups is 1. The number of hydrogen-bond donors (Lipinski definition) is 1.